The molecule has 0 spiro atoms. The maximum absolute atomic E-state index is 2.61. The second kappa shape index (κ2) is 12.1. The molecule has 0 saturated carbocycles. The van der Waals surface area contributed by atoms with Crippen LogP contribution in [0.4, 0.5) is 0 Å². The first-order chi connectivity index (χ1) is 24.1. The Morgan fingerprint density at radius 1 is 0.347 bits per heavy atom. The summed E-state index contributed by atoms with van der Waals surface area (Å²) in [7, 11) is -2.49. The third-order valence-electron chi connectivity index (χ3n) is 9.89. The van der Waals surface area contributed by atoms with E-state index < -0.39 is 8.07 Å². The largest absolute Gasteiger partial charge is 0.135 e. The van der Waals surface area contributed by atoms with Crippen LogP contribution in [0.3, 0.4) is 0 Å². The Hall–Kier alpha value is -5.06. The quantitative estimate of drug-likeness (QED) is 0.154. The van der Waals surface area contributed by atoms with Gasteiger partial charge in [-0.1, -0.05) is 171 Å². The second-order valence-electron chi connectivity index (χ2n) is 13.2. The molecule has 0 saturated heterocycles. The molecule has 0 radical (unpaired) electrons. The Bertz CT molecular complexity index is 2360. The fraction of sp³-hybridized carbons (Fsp3) is 0.0435. The minimum atomic E-state index is -2.49. The van der Waals surface area contributed by atoms with E-state index in [0.717, 1.165) is 0 Å². The van der Waals surface area contributed by atoms with Gasteiger partial charge in [-0.2, -0.15) is 0 Å². The highest BCUT2D eigenvalue weighted by atomic mass is 32.1. The molecular formula is C46H34S2Si. The lowest BCUT2D eigenvalue weighted by atomic mass is 9.88. The summed E-state index contributed by atoms with van der Waals surface area (Å²) in [4.78, 5) is 2.72. The van der Waals surface area contributed by atoms with Gasteiger partial charge >= 0.3 is 0 Å². The van der Waals surface area contributed by atoms with Gasteiger partial charge in [-0.05, 0) is 55.9 Å². The van der Waals surface area contributed by atoms with Gasteiger partial charge in [0.15, 0.2) is 0 Å². The van der Waals surface area contributed by atoms with Crippen molar-refractivity contribution in [1.82, 2.24) is 0 Å². The highest BCUT2D eigenvalue weighted by Gasteiger charge is 2.46. The zero-order valence-electron chi connectivity index (χ0n) is 27.5. The Balaban J connectivity index is 1.47. The molecule has 9 rings (SSSR count). The summed E-state index contributed by atoms with van der Waals surface area (Å²) in [6, 6.07) is 62.6. The molecule has 2 aromatic heterocycles. The van der Waals surface area contributed by atoms with E-state index in [-0.39, 0.29) is 0 Å². The van der Waals surface area contributed by atoms with Gasteiger partial charge in [0.2, 0.25) is 0 Å². The zero-order chi connectivity index (χ0) is 33.0. The number of hydrogen-bond acceptors (Lipinski definition) is 2. The number of rotatable bonds is 6. The maximum atomic E-state index is 2.61. The van der Waals surface area contributed by atoms with E-state index in [1.807, 2.05) is 22.7 Å². The molecule has 0 bridgehead atoms. The summed E-state index contributed by atoms with van der Waals surface area (Å²) in [6.07, 6.45) is 0. The van der Waals surface area contributed by atoms with Crippen molar-refractivity contribution in [2.24, 2.45) is 0 Å². The monoisotopic (exact) mass is 678 g/mol. The van der Waals surface area contributed by atoms with Gasteiger partial charge in [0, 0.05) is 41.1 Å². The van der Waals surface area contributed by atoms with Crippen LogP contribution in [0.15, 0.2) is 170 Å². The average molecular weight is 679 g/mol. The molecular weight excluding hydrogens is 645 g/mol. The Morgan fingerprint density at radius 2 is 0.653 bits per heavy atom. The van der Waals surface area contributed by atoms with E-state index >= 15 is 0 Å². The minimum Gasteiger partial charge on any atom is -0.135 e. The van der Waals surface area contributed by atoms with Crippen LogP contribution < -0.4 is 0 Å². The molecule has 3 heteroatoms. The van der Waals surface area contributed by atoms with E-state index in [4.69, 9.17) is 0 Å². The van der Waals surface area contributed by atoms with Crippen LogP contribution in [0.5, 0.6) is 0 Å². The van der Waals surface area contributed by atoms with E-state index in [2.05, 4.69) is 183 Å². The van der Waals surface area contributed by atoms with Crippen molar-refractivity contribution in [2.75, 3.05) is 0 Å². The first-order valence-electron chi connectivity index (χ1n) is 16.9. The molecule has 0 amide bonds. The molecule has 0 atom stereocenters. The molecule has 234 valence electrons. The normalized spacial score (nSPS) is 14.3. The van der Waals surface area contributed by atoms with Crippen LogP contribution >= 0.6 is 22.7 Å². The van der Waals surface area contributed by atoms with Gasteiger partial charge in [0.1, 0.15) is 8.07 Å². The number of benzene rings is 6. The van der Waals surface area contributed by atoms with E-state index in [1.165, 1.54) is 84.8 Å². The molecule has 0 N–H and O–H groups in total. The fourth-order valence-electron chi connectivity index (χ4n) is 7.83. The Kier molecular flexibility index (Phi) is 7.43. The van der Waals surface area contributed by atoms with Crippen LogP contribution in [0.2, 0.25) is 13.1 Å². The summed E-state index contributed by atoms with van der Waals surface area (Å²) >= 11 is 3.86. The van der Waals surface area contributed by atoms with Crippen molar-refractivity contribution < 1.29 is 0 Å². The number of allylic oxidation sites excluding steroid dienone is 2. The predicted octanol–water partition coefficient (Wildman–Crippen LogP) is 13.8. The number of hydrogen-bond donors (Lipinski definition) is 0. The maximum Gasteiger partial charge on any atom is 0.115 e. The Labute approximate surface area is 297 Å². The lowest BCUT2D eigenvalue weighted by molar-refractivity contribution is 1.59. The number of thiophene rings is 2. The highest BCUT2D eigenvalue weighted by molar-refractivity contribution is 7.25. The molecule has 0 aliphatic carbocycles. The fourth-order valence-corrected chi connectivity index (χ4v) is 14.3. The van der Waals surface area contributed by atoms with Crippen molar-refractivity contribution in [3.05, 3.63) is 192 Å². The van der Waals surface area contributed by atoms with Crippen LogP contribution in [0.25, 0.3) is 62.6 Å². The second-order valence-corrected chi connectivity index (χ2v) is 19.5. The SMILES string of the molecule is C[Si]1(C)C(c2c(-c3ccccc3)sc3ccccc23)=C(c2ccccc2)C(c2ccccc2)=C1c1c(-c2ccccc2)sc2ccccc12. The van der Waals surface area contributed by atoms with Crippen molar-refractivity contribution in [2.45, 2.75) is 13.1 Å². The summed E-state index contributed by atoms with van der Waals surface area (Å²) in [5, 5.41) is 5.75. The zero-order valence-corrected chi connectivity index (χ0v) is 30.1. The third-order valence-corrected chi connectivity index (χ3v) is 15.8. The first-order valence-corrected chi connectivity index (χ1v) is 21.5. The van der Waals surface area contributed by atoms with Crippen LogP contribution in [0.1, 0.15) is 22.3 Å². The van der Waals surface area contributed by atoms with Gasteiger partial charge in [-0.15, -0.1) is 22.7 Å². The molecule has 3 heterocycles. The van der Waals surface area contributed by atoms with Crippen LogP contribution in [0, 0.1) is 0 Å². The molecule has 6 aromatic carbocycles. The van der Waals surface area contributed by atoms with Crippen molar-refractivity contribution in [3.8, 4) is 20.9 Å². The smallest absolute Gasteiger partial charge is 0.115 e. The van der Waals surface area contributed by atoms with E-state index in [0.29, 0.717) is 0 Å². The molecule has 0 nitrogen and oxygen atoms in total. The van der Waals surface area contributed by atoms with Gasteiger partial charge in [-0.3, -0.25) is 0 Å². The predicted molar refractivity (Wildman–Crippen MR) is 219 cm³/mol. The van der Waals surface area contributed by atoms with E-state index in [1.54, 1.807) is 0 Å². The van der Waals surface area contributed by atoms with Crippen molar-refractivity contribution in [1.29, 1.82) is 0 Å². The summed E-state index contributed by atoms with van der Waals surface area (Å²) in [5.41, 5.74) is 10.7. The summed E-state index contributed by atoms with van der Waals surface area (Å²) in [5.74, 6) is 0. The topological polar surface area (TPSA) is 0 Å². The number of fused-ring (bicyclic) bond motifs is 2. The van der Waals surface area contributed by atoms with Gasteiger partial charge in [-0.25, -0.2) is 0 Å². The highest BCUT2D eigenvalue weighted by Crippen LogP contribution is 2.61. The average Bonchev–Trinajstić information content (AvgIpc) is 3.80. The lowest BCUT2D eigenvalue weighted by Gasteiger charge is -2.28. The van der Waals surface area contributed by atoms with E-state index in [9.17, 15) is 0 Å². The Morgan fingerprint density at radius 3 is 1.02 bits per heavy atom. The third kappa shape index (κ3) is 4.92. The van der Waals surface area contributed by atoms with Crippen LogP contribution in [-0.2, 0) is 0 Å². The van der Waals surface area contributed by atoms with Crippen molar-refractivity contribution >= 4 is 72.5 Å². The van der Waals surface area contributed by atoms with Gasteiger partial charge in [0.05, 0.1) is 0 Å². The van der Waals surface area contributed by atoms with Crippen molar-refractivity contribution in [3.63, 3.8) is 0 Å². The summed E-state index contributed by atoms with van der Waals surface area (Å²) in [6.45, 7) is 5.22. The van der Waals surface area contributed by atoms with Crippen LogP contribution in [-0.4, -0.2) is 8.07 Å². The molecule has 0 fully saturated rings. The minimum absolute atomic E-state index is 1.28. The van der Waals surface area contributed by atoms with Gasteiger partial charge in [0.25, 0.3) is 0 Å². The molecule has 0 unspecified atom stereocenters. The molecule has 1 aliphatic heterocycles. The first kappa shape index (κ1) is 30.0. The van der Waals surface area contributed by atoms with Gasteiger partial charge < -0.3 is 0 Å². The summed E-state index contributed by atoms with van der Waals surface area (Å²) < 4.78 is 2.67. The molecule has 49 heavy (non-hydrogen) atoms. The standard InChI is InChI=1S/C46H34S2Si/c1-49(2)45(41-35-27-15-17-29-37(35)47-43(41)33-23-11-5-12-24-33)39(31-19-7-3-8-20-31)40(32-21-9-4-10-22-32)46(49)42-36-28-16-18-30-38(36)48-44(42)34-25-13-6-14-26-34/h3-30H,1-2H3. The molecule has 8 aromatic rings. The molecule has 1 aliphatic rings. The lowest BCUT2D eigenvalue weighted by Crippen LogP contribution is -2.29.